The van der Waals surface area contributed by atoms with E-state index in [1.165, 1.54) is 13.8 Å². The highest BCUT2D eigenvalue weighted by Gasteiger charge is 2.32. The van der Waals surface area contributed by atoms with Crippen LogP contribution in [0, 0.1) is 11.7 Å². The molecular formula is C25H25ClN4O3S. The number of nitrogens with one attached hydrogen (secondary N) is 1. The average Bonchev–Trinajstić information content (AvgIpc) is 3.12. The molecule has 2 heterocycles. The lowest BCUT2D eigenvalue weighted by Crippen LogP contribution is -2.32. The first-order chi connectivity index (χ1) is 16.3. The number of aromatic amines is 1. The minimum Gasteiger partial charge on any atom is -0.494 e. The van der Waals surface area contributed by atoms with Crippen molar-refractivity contribution >= 4 is 23.8 Å². The van der Waals surface area contributed by atoms with Gasteiger partial charge in [0.1, 0.15) is 0 Å². The summed E-state index contributed by atoms with van der Waals surface area (Å²) in [5, 5.41) is 14.9. The van der Waals surface area contributed by atoms with E-state index in [0.29, 0.717) is 40.6 Å². The Morgan fingerprint density at radius 3 is 2.15 bits per heavy atom. The zero-order valence-corrected chi connectivity index (χ0v) is 20.7. The van der Waals surface area contributed by atoms with Gasteiger partial charge in [-0.3, -0.25) is 23.8 Å². The maximum Gasteiger partial charge on any atom is 0.275 e. The van der Waals surface area contributed by atoms with Crippen molar-refractivity contribution in [1.29, 1.82) is 0 Å². The van der Waals surface area contributed by atoms with E-state index in [-0.39, 0.29) is 21.8 Å². The molecule has 1 unspecified atom stereocenters. The van der Waals surface area contributed by atoms with E-state index in [9.17, 15) is 14.7 Å². The van der Waals surface area contributed by atoms with Gasteiger partial charge < -0.3 is 5.11 Å². The predicted octanol–water partition coefficient (Wildman–Crippen LogP) is 4.75. The molecular weight excluding hydrogens is 472 g/mol. The summed E-state index contributed by atoms with van der Waals surface area (Å²) in [4.78, 5) is 27.4. The molecule has 0 fully saturated rings. The van der Waals surface area contributed by atoms with Crippen molar-refractivity contribution < 1.29 is 5.11 Å². The van der Waals surface area contributed by atoms with E-state index in [1.54, 1.807) is 31.2 Å². The maximum atomic E-state index is 13.7. The summed E-state index contributed by atoms with van der Waals surface area (Å²) in [5.74, 6) is -1.09. The summed E-state index contributed by atoms with van der Waals surface area (Å²) < 4.78 is 4.63. The van der Waals surface area contributed by atoms with Crippen LogP contribution in [-0.2, 0) is 13.1 Å². The molecule has 4 rings (SSSR count). The van der Waals surface area contributed by atoms with E-state index in [4.69, 9.17) is 23.8 Å². The van der Waals surface area contributed by atoms with Crippen molar-refractivity contribution in [3.05, 3.63) is 107 Å². The van der Waals surface area contributed by atoms with Crippen LogP contribution >= 0.6 is 23.8 Å². The van der Waals surface area contributed by atoms with Crippen LogP contribution in [0.1, 0.15) is 42.1 Å². The first-order valence-electron chi connectivity index (χ1n) is 11.0. The van der Waals surface area contributed by atoms with Gasteiger partial charge in [0.2, 0.25) is 5.88 Å². The number of nitrogens with zero attached hydrogens (tertiary/aromatic N) is 3. The molecule has 0 aliphatic carbocycles. The monoisotopic (exact) mass is 496 g/mol. The third-order valence-electron chi connectivity index (χ3n) is 5.98. The lowest BCUT2D eigenvalue weighted by atomic mass is 9.86. The van der Waals surface area contributed by atoms with Gasteiger partial charge in [-0.05, 0) is 62.8 Å². The van der Waals surface area contributed by atoms with Gasteiger partial charge in [-0.2, -0.15) is 0 Å². The molecule has 1 atom stereocenters. The number of halogens is 1. The highest BCUT2D eigenvalue weighted by atomic mass is 35.5. The largest absolute Gasteiger partial charge is 0.494 e. The Balaban J connectivity index is 2.11. The molecule has 0 saturated heterocycles. The van der Waals surface area contributed by atoms with Gasteiger partial charge in [0.15, 0.2) is 4.77 Å². The van der Waals surface area contributed by atoms with Crippen LogP contribution in [-0.4, -0.2) is 24.0 Å². The van der Waals surface area contributed by atoms with E-state index >= 15 is 0 Å². The number of hydrogen-bond acceptors (Lipinski definition) is 4. The Bertz CT molecular complexity index is 1520. The van der Waals surface area contributed by atoms with Crippen molar-refractivity contribution in [2.24, 2.45) is 0 Å². The first-order valence-corrected chi connectivity index (χ1v) is 11.8. The van der Waals surface area contributed by atoms with Crippen molar-refractivity contribution in [2.75, 3.05) is 0 Å². The Kier molecular flexibility index (Phi) is 6.63. The van der Waals surface area contributed by atoms with Gasteiger partial charge in [0, 0.05) is 23.8 Å². The highest BCUT2D eigenvalue weighted by molar-refractivity contribution is 7.71. The van der Waals surface area contributed by atoms with E-state index in [1.807, 2.05) is 44.2 Å². The third kappa shape index (κ3) is 3.93. The van der Waals surface area contributed by atoms with E-state index in [0.717, 1.165) is 0 Å². The van der Waals surface area contributed by atoms with Crippen molar-refractivity contribution in [3.63, 3.8) is 0 Å². The second-order valence-electron chi connectivity index (χ2n) is 7.92. The standard InChI is InChI=1S/C25H25ClN4O3S/c1-4-28-22(31)21(23(32)29(5-2)25(28)34)20(16-11-13-17(26)14-12-16)19-15(3)27-30(24(19)33)18-9-7-6-8-10-18/h6-14,20,27,31H,4-5H2,1-3H3. The summed E-state index contributed by atoms with van der Waals surface area (Å²) in [7, 11) is 0. The topological polar surface area (TPSA) is 85.0 Å². The van der Waals surface area contributed by atoms with Crippen LogP contribution in [0.2, 0.25) is 5.02 Å². The second kappa shape index (κ2) is 9.48. The molecule has 7 nitrogen and oxygen atoms in total. The zero-order chi connectivity index (χ0) is 24.6. The molecule has 0 spiro atoms. The van der Waals surface area contributed by atoms with Crippen LogP contribution in [0.25, 0.3) is 5.69 Å². The van der Waals surface area contributed by atoms with Gasteiger partial charge in [0.05, 0.1) is 22.7 Å². The highest BCUT2D eigenvalue weighted by Crippen LogP contribution is 2.35. The molecule has 0 saturated carbocycles. The fourth-order valence-electron chi connectivity index (χ4n) is 4.32. The zero-order valence-electron chi connectivity index (χ0n) is 19.1. The summed E-state index contributed by atoms with van der Waals surface area (Å²) >= 11 is 11.6. The van der Waals surface area contributed by atoms with Crippen LogP contribution < -0.4 is 11.1 Å². The molecule has 9 heteroatoms. The number of aromatic hydroxyl groups is 1. The van der Waals surface area contributed by atoms with Crippen LogP contribution in [0.5, 0.6) is 5.88 Å². The van der Waals surface area contributed by atoms with Gasteiger partial charge in [-0.15, -0.1) is 0 Å². The third-order valence-corrected chi connectivity index (χ3v) is 6.67. The summed E-state index contributed by atoms with van der Waals surface area (Å²) in [6.07, 6.45) is 0. The fraction of sp³-hybridized carbons (Fsp3) is 0.240. The van der Waals surface area contributed by atoms with Crippen LogP contribution in [0.3, 0.4) is 0 Å². The predicted molar refractivity (Wildman–Crippen MR) is 136 cm³/mol. The van der Waals surface area contributed by atoms with Crippen molar-refractivity contribution in [3.8, 4) is 11.6 Å². The smallest absolute Gasteiger partial charge is 0.275 e. The number of para-hydroxylation sites is 1. The van der Waals surface area contributed by atoms with Gasteiger partial charge in [-0.1, -0.05) is 41.9 Å². The summed E-state index contributed by atoms with van der Waals surface area (Å²) in [6.45, 7) is 6.14. The SMILES string of the molecule is CCn1c(O)c(C(c2ccc(Cl)cc2)c2c(C)[nH]n(-c3ccccc3)c2=O)c(=O)n(CC)c1=S. The fourth-order valence-corrected chi connectivity index (χ4v) is 4.87. The molecule has 0 aliphatic rings. The second-order valence-corrected chi connectivity index (χ2v) is 8.73. The normalized spacial score (nSPS) is 12.1. The number of benzene rings is 2. The van der Waals surface area contributed by atoms with Gasteiger partial charge >= 0.3 is 0 Å². The molecule has 2 N–H and O–H groups in total. The van der Waals surface area contributed by atoms with E-state index in [2.05, 4.69) is 5.10 Å². The maximum absolute atomic E-state index is 13.7. The lowest BCUT2D eigenvalue weighted by molar-refractivity contribution is 0.391. The summed E-state index contributed by atoms with van der Waals surface area (Å²) in [5.41, 5.74) is 1.62. The molecule has 34 heavy (non-hydrogen) atoms. The molecule has 0 amide bonds. The number of H-pyrrole nitrogens is 1. The molecule has 0 aliphatic heterocycles. The number of hydrogen-bond donors (Lipinski definition) is 2. The number of aryl methyl sites for hydroxylation is 1. The van der Waals surface area contributed by atoms with E-state index < -0.39 is 11.5 Å². The number of aromatic nitrogens is 4. The summed E-state index contributed by atoms with van der Waals surface area (Å²) in [6, 6.07) is 16.1. The Labute approximate surface area is 206 Å². The molecule has 0 bridgehead atoms. The molecule has 2 aromatic carbocycles. The number of rotatable bonds is 6. The lowest BCUT2D eigenvalue weighted by Gasteiger charge is -2.22. The van der Waals surface area contributed by atoms with Crippen molar-refractivity contribution in [2.45, 2.75) is 39.8 Å². The Morgan fingerprint density at radius 1 is 0.941 bits per heavy atom. The van der Waals surface area contributed by atoms with Gasteiger partial charge in [-0.25, -0.2) is 4.68 Å². The van der Waals surface area contributed by atoms with Gasteiger partial charge in [0.25, 0.3) is 11.1 Å². The molecule has 176 valence electrons. The molecule has 2 aromatic heterocycles. The first kappa shape index (κ1) is 23.8. The minimum atomic E-state index is -0.843. The van der Waals surface area contributed by atoms with Crippen molar-refractivity contribution in [1.82, 2.24) is 18.9 Å². The Hall–Kier alpha value is -3.36. The quantitative estimate of drug-likeness (QED) is 0.377. The average molecular weight is 497 g/mol. The Morgan fingerprint density at radius 2 is 1.56 bits per heavy atom. The molecule has 0 radical (unpaired) electrons. The molecule has 4 aromatic rings. The van der Waals surface area contributed by atoms with Crippen LogP contribution in [0.15, 0.2) is 64.2 Å². The van der Waals surface area contributed by atoms with Crippen LogP contribution in [0.4, 0.5) is 0 Å². The minimum absolute atomic E-state index is 0.0963.